The van der Waals surface area contributed by atoms with E-state index in [0.29, 0.717) is 0 Å². The van der Waals surface area contributed by atoms with Crippen LogP contribution in [0.1, 0.15) is 39.0 Å². The van der Waals surface area contributed by atoms with Crippen LogP contribution >= 0.6 is 0 Å². The topological polar surface area (TPSA) is 0 Å². The quantitative estimate of drug-likeness (QED) is 0.463. The number of rotatable bonds is 0. The summed E-state index contributed by atoms with van der Waals surface area (Å²) in [6.07, 6.45) is 7.81. The standard InChI is InChI=1S/C9H14/c1-8-4-2-5-9(8)6-3-7(8)9/h7H,2-6H2,1H3. The van der Waals surface area contributed by atoms with Gasteiger partial charge in [0.25, 0.3) is 0 Å². The van der Waals surface area contributed by atoms with E-state index in [1.807, 2.05) is 0 Å². The molecule has 0 radical (unpaired) electrons. The van der Waals surface area contributed by atoms with Crippen molar-refractivity contribution in [2.75, 3.05) is 0 Å². The van der Waals surface area contributed by atoms with Gasteiger partial charge in [-0.25, -0.2) is 0 Å². The van der Waals surface area contributed by atoms with Gasteiger partial charge in [-0.05, 0) is 42.4 Å². The Morgan fingerprint density at radius 3 is 2.44 bits per heavy atom. The third-order valence-electron chi connectivity index (χ3n) is 4.69. The van der Waals surface area contributed by atoms with Crippen LogP contribution in [0.3, 0.4) is 0 Å². The summed E-state index contributed by atoms with van der Waals surface area (Å²) in [7, 11) is 0. The summed E-state index contributed by atoms with van der Waals surface area (Å²) < 4.78 is 0. The van der Waals surface area contributed by atoms with Gasteiger partial charge >= 0.3 is 0 Å². The van der Waals surface area contributed by atoms with Crippen molar-refractivity contribution in [3.63, 3.8) is 0 Å². The summed E-state index contributed by atoms with van der Waals surface area (Å²) in [6, 6.07) is 0. The molecule has 0 amide bonds. The molecule has 3 unspecified atom stereocenters. The van der Waals surface area contributed by atoms with Gasteiger partial charge in [-0.1, -0.05) is 13.3 Å². The third-order valence-corrected chi connectivity index (χ3v) is 4.69. The molecule has 0 aliphatic heterocycles. The van der Waals surface area contributed by atoms with Crippen molar-refractivity contribution in [2.24, 2.45) is 16.7 Å². The normalized spacial score (nSPS) is 68.3. The summed E-state index contributed by atoms with van der Waals surface area (Å²) in [5, 5.41) is 0. The molecule has 3 saturated carbocycles. The van der Waals surface area contributed by atoms with Gasteiger partial charge in [0.1, 0.15) is 0 Å². The molecule has 3 aliphatic carbocycles. The van der Waals surface area contributed by atoms with E-state index in [2.05, 4.69) is 6.92 Å². The summed E-state index contributed by atoms with van der Waals surface area (Å²) in [6.45, 7) is 2.53. The number of hydrogen-bond acceptors (Lipinski definition) is 0. The van der Waals surface area contributed by atoms with Crippen LogP contribution in [0.25, 0.3) is 0 Å². The zero-order valence-corrected chi connectivity index (χ0v) is 6.11. The van der Waals surface area contributed by atoms with Gasteiger partial charge in [0.05, 0.1) is 0 Å². The second kappa shape index (κ2) is 0.980. The molecule has 3 atom stereocenters. The van der Waals surface area contributed by atoms with E-state index in [9.17, 15) is 0 Å². The fourth-order valence-corrected chi connectivity index (χ4v) is 3.97. The monoisotopic (exact) mass is 122 g/mol. The highest BCUT2D eigenvalue weighted by Gasteiger charge is 2.79. The molecule has 1 spiro atoms. The van der Waals surface area contributed by atoms with Crippen molar-refractivity contribution in [1.82, 2.24) is 0 Å². The molecular formula is C9H14. The molecule has 0 aromatic carbocycles. The van der Waals surface area contributed by atoms with Gasteiger partial charge in [-0.3, -0.25) is 0 Å². The molecule has 0 aromatic heterocycles. The smallest absolute Gasteiger partial charge is 0.0207 e. The maximum absolute atomic E-state index is 2.53. The molecule has 3 fully saturated rings. The van der Waals surface area contributed by atoms with Crippen LogP contribution in [0.15, 0.2) is 0 Å². The van der Waals surface area contributed by atoms with E-state index < -0.39 is 0 Å². The van der Waals surface area contributed by atoms with E-state index in [1.54, 1.807) is 25.7 Å². The van der Waals surface area contributed by atoms with E-state index in [-0.39, 0.29) is 0 Å². The van der Waals surface area contributed by atoms with E-state index in [1.165, 1.54) is 12.3 Å². The number of fused-ring (bicyclic) bond motifs is 1. The molecule has 0 heteroatoms. The lowest BCUT2D eigenvalue weighted by Gasteiger charge is -2.23. The molecule has 0 aromatic rings. The average Bonchev–Trinajstić information content (AvgIpc) is 2.13. The van der Waals surface area contributed by atoms with Crippen LogP contribution in [-0.4, -0.2) is 0 Å². The molecule has 0 saturated heterocycles. The minimum Gasteiger partial charge on any atom is -0.0588 e. The predicted molar refractivity (Wildman–Crippen MR) is 37.1 cm³/mol. The van der Waals surface area contributed by atoms with E-state index in [0.717, 1.165) is 10.8 Å². The molecule has 0 nitrogen and oxygen atoms in total. The Morgan fingerprint density at radius 1 is 1.22 bits per heavy atom. The van der Waals surface area contributed by atoms with Crippen LogP contribution in [0.2, 0.25) is 0 Å². The minimum atomic E-state index is 0.868. The molecule has 3 rings (SSSR count). The van der Waals surface area contributed by atoms with Crippen LogP contribution < -0.4 is 0 Å². The second-order valence-corrected chi connectivity index (χ2v) is 4.52. The Hall–Kier alpha value is 0. The molecular weight excluding hydrogens is 108 g/mol. The maximum Gasteiger partial charge on any atom is -0.0207 e. The van der Waals surface area contributed by atoms with Gasteiger partial charge < -0.3 is 0 Å². The molecule has 0 N–H and O–H groups in total. The van der Waals surface area contributed by atoms with Gasteiger partial charge in [0, 0.05) is 0 Å². The first-order chi connectivity index (χ1) is 4.30. The lowest BCUT2D eigenvalue weighted by molar-refractivity contribution is 0.278. The van der Waals surface area contributed by atoms with Gasteiger partial charge in [0.15, 0.2) is 0 Å². The van der Waals surface area contributed by atoms with Crippen LogP contribution in [0.5, 0.6) is 0 Å². The Balaban J connectivity index is 2.06. The SMILES string of the molecule is CC12CCCC13CCC23. The average molecular weight is 122 g/mol. The van der Waals surface area contributed by atoms with Crippen molar-refractivity contribution in [3.8, 4) is 0 Å². The molecule has 50 valence electrons. The first-order valence-electron chi connectivity index (χ1n) is 4.30. The van der Waals surface area contributed by atoms with Crippen molar-refractivity contribution in [3.05, 3.63) is 0 Å². The second-order valence-electron chi connectivity index (χ2n) is 4.52. The Kier molecular flexibility index (Phi) is 0.518. The predicted octanol–water partition coefficient (Wildman–Crippen LogP) is 2.59. The van der Waals surface area contributed by atoms with Crippen molar-refractivity contribution in [2.45, 2.75) is 39.0 Å². The highest BCUT2D eigenvalue weighted by atomic mass is 14.8. The molecule has 0 heterocycles. The summed E-state index contributed by atoms with van der Waals surface area (Å²) in [4.78, 5) is 0. The van der Waals surface area contributed by atoms with Crippen molar-refractivity contribution >= 4 is 0 Å². The molecule has 9 heavy (non-hydrogen) atoms. The van der Waals surface area contributed by atoms with Gasteiger partial charge in [-0.15, -0.1) is 0 Å². The van der Waals surface area contributed by atoms with Gasteiger partial charge in [-0.2, -0.15) is 0 Å². The minimum absolute atomic E-state index is 0.868. The highest BCUT2D eigenvalue weighted by molar-refractivity contribution is 5.27. The lowest BCUT2D eigenvalue weighted by atomic mass is 9.82. The maximum atomic E-state index is 2.53. The Morgan fingerprint density at radius 2 is 2.11 bits per heavy atom. The highest BCUT2D eigenvalue weighted by Crippen LogP contribution is 2.86. The fraction of sp³-hybridized carbons (Fsp3) is 1.00. The first-order valence-corrected chi connectivity index (χ1v) is 4.30. The Labute approximate surface area is 56.6 Å². The largest absolute Gasteiger partial charge is 0.0588 e. The molecule has 3 aliphatic rings. The lowest BCUT2D eigenvalue weighted by Crippen LogP contribution is -2.12. The fourth-order valence-electron chi connectivity index (χ4n) is 3.97. The summed E-state index contributed by atoms with van der Waals surface area (Å²) in [5.74, 6) is 1.19. The molecule has 0 bridgehead atoms. The summed E-state index contributed by atoms with van der Waals surface area (Å²) >= 11 is 0. The van der Waals surface area contributed by atoms with Crippen molar-refractivity contribution in [1.29, 1.82) is 0 Å². The summed E-state index contributed by atoms with van der Waals surface area (Å²) in [5.41, 5.74) is 1.81. The zero-order chi connectivity index (χ0) is 6.11. The number of hydrogen-bond donors (Lipinski definition) is 0. The zero-order valence-electron chi connectivity index (χ0n) is 6.11. The van der Waals surface area contributed by atoms with Crippen LogP contribution in [-0.2, 0) is 0 Å². The van der Waals surface area contributed by atoms with E-state index in [4.69, 9.17) is 0 Å². The Bertz CT molecular complexity index is 163. The van der Waals surface area contributed by atoms with Crippen molar-refractivity contribution < 1.29 is 0 Å². The van der Waals surface area contributed by atoms with Crippen LogP contribution in [0, 0.1) is 16.7 Å². The third kappa shape index (κ3) is 0.264. The van der Waals surface area contributed by atoms with Crippen LogP contribution in [0.4, 0.5) is 0 Å². The first kappa shape index (κ1) is 4.76. The van der Waals surface area contributed by atoms with Gasteiger partial charge in [0.2, 0.25) is 0 Å². The van der Waals surface area contributed by atoms with E-state index >= 15 is 0 Å².